The smallest absolute Gasteiger partial charge is 0.263 e. The minimum Gasteiger partial charge on any atom is -0.481 e. The highest BCUT2D eigenvalue weighted by molar-refractivity contribution is 7.89. The first kappa shape index (κ1) is 23.6. The van der Waals surface area contributed by atoms with E-state index in [1.807, 2.05) is 13.8 Å². The van der Waals surface area contributed by atoms with E-state index in [1.54, 1.807) is 54.6 Å². The molecule has 10 heteroatoms. The molecule has 8 nitrogen and oxygen atoms in total. The van der Waals surface area contributed by atoms with Gasteiger partial charge in [0.2, 0.25) is 10.0 Å². The van der Waals surface area contributed by atoms with Crippen molar-refractivity contribution < 1.29 is 17.9 Å². The Balaban J connectivity index is 1.67. The van der Waals surface area contributed by atoms with Crippen LogP contribution in [0.2, 0.25) is 5.02 Å². The molecule has 2 heterocycles. The molecular weight excluding hydrogens is 440 g/mol. The van der Waals surface area contributed by atoms with Gasteiger partial charge in [-0.1, -0.05) is 17.7 Å². The average Bonchev–Trinajstić information content (AvgIpc) is 3.02. The van der Waals surface area contributed by atoms with Crippen LogP contribution in [0.25, 0.3) is 0 Å². The van der Waals surface area contributed by atoms with Gasteiger partial charge in [0, 0.05) is 37.2 Å². The van der Waals surface area contributed by atoms with Gasteiger partial charge in [-0.3, -0.25) is 9.48 Å². The zero-order valence-corrected chi connectivity index (χ0v) is 20.1. The van der Waals surface area contributed by atoms with Crippen LogP contribution in [0.1, 0.15) is 38.2 Å². The van der Waals surface area contributed by atoms with Crippen molar-refractivity contribution in [3.8, 4) is 5.75 Å². The molecular formula is C21H29ClN4O4S. The SMILES string of the molecule is Cc1nn(C(C)C)c(C)c1S(=O)(=O)N1CCN(C(=O)[C@H](C)Oc2cccc(Cl)c2)CC1. The predicted octanol–water partition coefficient (Wildman–Crippen LogP) is 3.03. The van der Waals surface area contributed by atoms with Gasteiger partial charge in [-0.15, -0.1) is 0 Å². The topological polar surface area (TPSA) is 84.7 Å². The van der Waals surface area contributed by atoms with Crippen LogP contribution in [-0.2, 0) is 14.8 Å². The number of carbonyl (C=O) groups excluding carboxylic acids is 1. The number of hydrogen-bond donors (Lipinski definition) is 0. The Labute approximate surface area is 188 Å². The number of carbonyl (C=O) groups is 1. The lowest BCUT2D eigenvalue weighted by Crippen LogP contribution is -2.53. The summed E-state index contributed by atoms with van der Waals surface area (Å²) >= 11 is 5.96. The van der Waals surface area contributed by atoms with E-state index < -0.39 is 16.1 Å². The first-order valence-corrected chi connectivity index (χ1v) is 12.1. The van der Waals surface area contributed by atoms with Crippen LogP contribution in [0.4, 0.5) is 0 Å². The number of sulfonamides is 1. The second-order valence-corrected chi connectivity index (χ2v) is 10.3. The van der Waals surface area contributed by atoms with Gasteiger partial charge >= 0.3 is 0 Å². The summed E-state index contributed by atoms with van der Waals surface area (Å²) in [6.45, 7) is 10.2. The standard InChI is InChI=1S/C21H29ClN4O4S/c1-14(2)26-16(4)20(15(3)23-26)31(28,29)25-11-9-24(10-12-25)21(27)17(5)30-19-8-6-7-18(22)13-19/h6-8,13-14,17H,9-12H2,1-5H3/t17-/m0/s1. The van der Waals surface area contributed by atoms with Gasteiger partial charge in [0.05, 0.1) is 11.4 Å². The molecule has 1 saturated heterocycles. The number of amides is 1. The van der Waals surface area contributed by atoms with E-state index >= 15 is 0 Å². The molecule has 0 radical (unpaired) electrons. The fourth-order valence-electron chi connectivity index (χ4n) is 3.85. The third-order valence-corrected chi connectivity index (χ3v) is 7.74. The highest BCUT2D eigenvalue weighted by Crippen LogP contribution is 2.26. The van der Waals surface area contributed by atoms with Crippen LogP contribution in [-0.4, -0.2) is 65.6 Å². The van der Waals surface area contributed by atoms with E-state index in [0.717, 1.165) is 0 Å². The van der Waals surface area contributed by atoms with Crippen molar-refractivity contribution in [1.29, 1.82) is 0 Å². The Hall–Kier alpha value is -2.10. The number of benzene rings is 1. The van der Waals surface area contributed by atoms with E-state index in [9.17, 15) is 13.2 Å². The minimum absolute atomic E-state index is 0.0677. The summed E-state index contributed by atoms with van der Waals surface area (Å²) in [5.74, 6) is 0.333. The lowest BCUT2D eigenvalue weighted by molar-refractivity contribution is -0.139. The molecule has 2 aromatic rings. The first-order chi connectivity index (χ1) is 14.5. The van der Waals surface area contributed by atoms with Crippen LogP contribution in [0.3, 0.4) is 0 Å². The fraction of sp³-hybridized carbons (Fsp3) is 0.524. The zero-order chi connectivity index (χ0) is 22.9. The highest BCUT2D eigenvalue weighted by Gasteiger charge is 2.35. The van der Waals surface area contributed by atoms with E-state index in [0.29, 0.717) is 35.2 Å². The molecule has 1 aliphatic rings. The molecule has 170 valence electrons. The van der Waals surface area contributed by atoms with Crippen LogP contribution < -0.4 is 4.74 Å². The first-order valence-electron chi connectivity index (χ1n) is 10.3. The maximum atomic E-state index is 13.3. The number of piperazine rings is 1. The van der Waals surface area contributed by atoms with E-state index in [-0.39, 0.29) is 29.9 Å². The number of rotatable bonds is 6. The summed E-state index contributed by atoms with van der Waals surface area (Å²) in [6.07, 6.45) is -0.699. The number of hydrogen-bond acceptors (Lipinski definition) is 5. The maximum absolute atomic E-state index is 13.3. The van der Waals surface area contributed by atoms with Gasteiger partial charge in [-0.25, -0.2) is 8.42 Å². The summed E-state index contributed by atoms with van der Waals surface area (Å²) in [4.78, 5) is 14.7. The third kappa shape index (κ3) is 4.88. The van der Waals surface area contributed by atoms with Crippen LogP contribution in [0.5, 0.6) is 5.75 Å². The van der Waals surface area contributed by atoms with Gasteiger partial charge in [0.25, 0.3) is 5.91 Å². The molecule has 0 aliphatic carbocycles. The minimum atomic E-state index is -3.69. The molecule has 1 amide bonds. The summed E-state index contributed by atoms with van der Waals surface area (Å²) < 4.78 is 35.4. The summed E-state index contributed by atoms with van der Waals surface area (Å²) in [7, 11) is -3.69. The monoisotopic (exact) mass is 468 g/mol. The summed E-state index contributed by atoms with van der Waals surface area (Å²) in [6, 6.07) is 6.94. The Kier molecular flexibility index (Phi) is 6.98. The summed E-state index contributed by atoms with van der Waals surface area (Å²) in [5.41, 5.74) is 1.13. The highest BCUT2D eigenvalue weighted by atomic mass is 35.5. The van der Waals surface area contributed by atoms with Crippen molar-refractivity contribution >= 4 is 27.5 Å². The normalized spacial score (nSPS) is 16.5. The van der Waals surface area contributed by atoms with Crippen LogP contribution >= 0.6 is 11.6 Å². The van der Waals surface area contributed by atoms with E-state index in [2.05, 4.69) is 5.10 Å². The van der Waals surface area contributed by atoms with Crippen molar-refractivity contribution in [3.05, 3.63) is 40.7 Å². The van der Waals surface area contributed by atoms with Gasteiger partial charge in [-0.05, 0) is 52.8 Å². The van der Waals surface area contributed by atoms with E-state index in [1.165, 1.54) is 4.31 Å². The average molecular weight is 469 g/mol. The Morgan fingerprint density at radius 3 is 2.32 bits per heavy atom. The number of halogens is 1. The third-order valence-electron chi connectivity index (χ3n) is 5.35. The van der Waals surface area contributed by atoms with Crippen molar-refractivity contribution in [2.75, 3.05) is 26.2 Å². The lowest BCUT2D eigenvalue weighted by atomic mass is 10.2. The van der Waals surface area contributed by atoms with Gasteiger partial charge in [0.1, 0.15) is 10.6 Å². The molecule has 1 atom stereocenters. The Morgan fingerprint density at radius 2 is 1.77 bits per heavy atom. The second-order valence-electron chi connectivity index (χ2n) is 7.99. The van der Waals surface area contributed by atoms with Gasteiger partial charge in [0.15, 0.2) is 6.10 Å². The molecule has 0 bridgehead atoms. The van der Waals surface area contributed by atoms with Crippen molar-refractivity contribution in [3.63, 3.8) is 0 Å². The number of aryl methyl sites for hydroxylation is 1. The van der Waals surface area contributed by atoms with Gasteiger partial charge < -0.3 is 9.64 Å². The molecule has 1 aromatic carbocycles. The zero-order valence-electron chi connectivity index (χ0n) is 18.5. The van der Waals surface area contributed by atoms with E-state index in [4.69, 9.17) is 16.3 Å². The molecule has 0 unspecified atom stereocenters. The fourth-order valence-corrected chi connectivity index (χ4v) is 5.82. The predicted molar refractivity (Wildman–Crippen MR) is 119 cm³/mol. The maximum Gasteiger partial charge on any atom is 0.263 e. The number of ether oxygens (including phenoxy) is 1. The number of aromatic nitrogens is 2. The van der Waals surface area contributed by atoms with Crippen molar-refractivity contribution in [2.24, 2.45) is 0 Å². The van der Waals surface area contributed by atoms with Crippen molar-refractivity contribution in [1.82, 2.24) is 19.0 Å². The number of nitrogens with zero attached hydrogens (tertiary/aromatic N) is 4. The second kappa shape index (κ2) is 9.18. The van der Waals surface area contributed by atoms with Crippen molar-refractivity contribution in [2.45, 2.75) is 51.7 Å². The largest absolute Gasteiger partial charge is 0.481 e. The van der Waals surface area contributed by atoms with Crippen LogP contribution in [0, 0.1) is 13.8 Å². The molecule has 31 heavy (non-hydrogen) atoms. The molecule has 3 rings (SSSR count). The molecule has 0 saturated carbocycles. The molecule has 1 fully saturated rings. The van der Waals surface area contributed by atoms with Crippen LogP contribution in [0.15, 0.2) is 29.2 Å². The molecule has 1 aromatic heterocycles. The quantitative estimate of drug-likeness (QED) is 0.650. The lowest BCUT2D eigenvalue weighted by Gasteiger charge is -2.35. The van der Waals surface area contributed by atoms with Gasteiger partial charge in [-0.2, -0.15) is 9.40 Å². The Morgan fingerprint density at radius 1 is 1.13 bits per heavy atom. The molecule has 0 N–H and O–H groups in total. The molecule has 1 aliphatic heterocycles. The summed E-state index contributed by atoms with van der Waals surface area (Å²) in [5, 5.41) is 4.93. The Bertz CT molecular complexity index is 1060. The molecule has 0 spiro atoms.